The van der Waals surface area contributed by atoms with Gasteiger partial charge in [0.25, 0.3) is 0 Å². The Kier molecular flexibility index (Phi) is 3.09. The number of carbonyl (C=O) groups excluding carboxylic acids is 1. The fourth-order valence-corrected chi connectivity index (χ4v) is 4.91. The fourth-order valence-electron chi connectivity index (χ4n) is 3.61. The van der Waals surface area contributed by atoms with Gasteiger partial charge in [-0.25, -0.2) is 9.97 Å². The van der Waals surface area contributed by atoms with E-state index in [9.17, 15) is 9.90 Å². The predicted molar refractivity (Wildman–Crippen MR) is 85.1 cm³/mol. The van der Waals surface area contributed by atoms with Gasteiger partial charge in [-0.15, -0.1) is 11.3 Å². The number of thiophene rings is 1. The first-order valence-electron chi connectivity index (χ1n) is 7.57. The second-order valence-electron chi connectivity index (χ2n) is 6.09. The summed E-state index contributed by atoms with van der Waals surface area (Å²) in [5.74, 6) is 1.04. The largest absolute Gasteiger partial charge is 0.391 e. The minimum absolute atomic E-state index is 0.367. The van der Waals surface area contributed by atoms with Crippen LogP contribution in [-0.4, -0.2) is 39.7 Å². The van der Waals surface area contributed by atoms with Crippen molar-refractivity contribution in [2.75, 3.05) is 11.4 Å². The minimum atomic E-state index is -0.547. The first-order chi connectivity index (χ1) is 10.5. The van der Waals surface area contributed by atoms with E-state index < -0.39 is 18.1 Å². The van der Waals surface area contributed by atoms with Crippen molar-refractivity contribution in [3.05, 3.63) is 16.3 Å². The molecule has 4 rings (SSSR count). The Balaban J connectivity index is 1.92. The summed E-state index contributed by atoms with van der Waals surface area (Å²) in [6.45, 7) is 2.25. The monoisotopic (exact) mass is 318 g/mol. The van der Waals surface area contributed by atoms with Gasteiger partial charge in [0.1, 0.15) is 22.5 Å². The van der Waals surface area contributed by atoms with Gasteiger partial charge in [-0.1, -0.05) is 0 Å². The van der Waals surface area contributed by atoms with Crippen molar-refractivity contribution < 1.29 is 9.90 Å². The van der Waals surface area contributed by atoms with Gasteiger partial charge in [0, 0.05) is 17.8 Å². The first-order valence-corrected chi connectivity index (χ1v) is 8.39. The Labute approximate surface area is 132 Å². The number of hydrogen-bond donors (Lipinski definition) is 2. The summed E-state index contributed by atoms with van der Waals surface area (Å²) >= 11 is 1.73. The highest BCUT2D eigenvalue weighted by atomic mass is 32.1. The summed E-state index contributed by atoms with van der Waals surface area (Å²) < 4.78 is 0. The number of carbonyl (C=O) groups is 1. The number of rotatable bonds is 2. The summed E-state index contributed by atoms with van der Waals surface area (Å²) in [5, 5.41) is 11.0. The number of aliphatic hydroxyl groups excluding tert-OH is 1. The fraction of sp³-hybridized carbons (Fsp3) is 0.533. The van der Waals surface area contributed by atoms with Crippen molar-refractivity contribution in [3.63, 3.8) is 0 Å². The highest BCUT2D eigenvalue weighted by Crippen LogP contribution is 2.41. The lowest BCUT2D eigenvalue weighted by molar-refractivity contribution is -0.119. The third-order valence-corrected chi connectivity index (χ3v) is 5.72. The molecule has 2 aromatic heterocycles. The van der Waals surface area contributed by atoms with Crippen LogP contribution in [0.3, 0.4) is 0 Å². The zero-order valence-electron chi connectivity index (χ0n) is 12.4. The maximum absolute atomic E-state index is 11.8. The topological polar surface area (TPSA) is 92.3 Å². The Bertz CT molecular complexity index is 772. The highest BCUT2D eigenvalue weighted by molar-refractivity contribution is 7.19. The van der Waals surface area contributed by atoms with E-state index in [-0.39, 0.29) is 0 Å². The van der Waals surface area contributed by atoms with E-state index in [0.717, 1.165) is 35.3 Å². The van der Waals surface area contributed by atoms with E-state index >= 15 is 0 Å². The molecule has 2 aliphatic rings. The number of fused-ring (bicyclic) bond motifs is 3. The average Bonchev–Trinajstić information content (AvgIpc) is 3.10. The standard InChI is InChI=1S/C15H18N4O2S/c1-7-17-14(19-6-8(20)5-10(19)13(16)21)12-9-3-2-4-11(9)22-15(12)18-7/h8,10,20H,2-6H2,1H3,(H2,16,21)/t8-,10+/m0/s1. The van der Waals surface area contributed by atoms with E-state index in [1.165, 1.54) is 10.4 Å². The van der Waals surface area contributed by atoms with Crippen LogP contribution in [0, 0.1) is 6.92 Å². The minimum Gasteiger partial charge on any atom is -0.391 e. The van der Waals surface area contributed by atoms with Crippen LogP contribution in [0.2, 0.25) is 0 Å². The smallest absolute Gasteiger partial charge is 0.240 e. The van der Waals surface area contributed by atoms with E-state index in [0.29, 0.717) is 18.8 Å². The van der Waals surface area contributed by atoms with Gasteiger partial charge < -0.3 is 15.7 Å². The molecular weight excluding hydrogens is 300 g/mol. The van der Waals surface area contributed by atoms with Gasteiger partial charge in [-0.05, 0) is 31.7 Å². The van der Waals surface area contributed by atoms with E-state index in [1.54, 1.807) is 11.3 Å². The molecule has 1 saturated heterocycles. The van der Waals surface area contributed by atoms with Crippen LogP contribution in [0.4, 0.5) is 5.82 Å². The lowest BCUT2D eigenvalue weighted by Crippen LogP contribution is -2.41. The molecule has 0 radical (unpaired) electrons. The van der Waals surface area contributed by atoms with Crippen LogP contribution < -0.4 is 10.6 Å². The maximum Gasteiger partial charge on any atom is 0.240 e. The number of hydrogen-bond acceptors (Lipinski definition) is 6. The molecular formula is C15H18N4O2S. The van der Waals surface area contributed by atoms with Gasteiger partial charge in [-0.2, -0.15) is 0 Å². The molecule has 0 bridgehead atoms. The molecule has 2 atom stereocenters. The number of aromatic nitrogens is 2. The number of primary amides is 1. The normalized spacial score (nSPS) is 24.2. The molecule has 22 heavy (non-hydrogen) atoms. The molecule has 1 fully saturated rings. The van der Waals surface area contributed by atoms with Crippen LogP contribution in [-0.2, 0) is 17.6 Å². The third kappa shape index (κ3) is 1.99. The number of amides is 1. The molecule has 6 nitrogen and oxygen atoms in total. The van der Waals surface area contributed by atoms with E-state index in [1.807, 2.05) is 11.8 Å². The van der Waals surface area contributed by atoms with Crippen molar-refractivity contribution in [1.82, 2.24) is 9.97 Å². The lowest BCUT2D eigenvalue weighted by Gasteiger charge is -2.24. The molecule has 3 heterocycles. The SMILES string of the molecule is Cc1nc(N2C[C@@H](O)C[C@@H]2C(N)=O)c2c3c(sc2n1)CCC3. The molecule has 7 heteroatoms. The third-order valence-electron chi connectivity index (χ3n) is 4.54. The van der Waals surface area contributed by atoms with Gasteiger partial charge in [0.05, 0.1) is 11.5 Å². The van der Waals surface area contributed by atoms with Crippen LogP contribution >= 0.6 is 11.3 Å². The van der Waals surface area contributed by atoms with Crippen LogP contribution in [0.1, 0.15) is 29.1 Å². The number of aryl methyl sites for hydroxylation is 3. The van der Waals surface area contributed by atoms with Gasteiger partial charge in [0.2, 0.25) is 5.91 Å². The molecule has 1 aliphatic carbocycles. The van der Waals surface area contributed by atoms with Crippen molar-refractivity contribution in [1.29, 1.82) is 0 Å². The van der Waals surface area contributed by atoms with Crippen LogP contribution in [0.15, 0.2) is 0 Å². The summed E-state index contributed by atoms with van der Waals surface area (Å²) in [6, 6.07) is -0.496. The van der Waals surface area contributed by atoms with Gasteiger partial charge in [0.15, 0.2) is 0 Å². The molecule has 0 spiro atoms. The molecule has 1 aliphatic heterocycles. The number of nitrogens with zero attached hydrogens (tertiary/aromatic N) is 3. The number of anilines is 1. The maximum atomic E-state index is 11.8. The summed E-state index contributed by atoms with van der Waals surface area (Å²) in [7, 11) is 0. The van der Waals surface area contributed by atoms with Crippen molar-refractivity contribution in [2.45, 2.75) is 44.8 Å². The van der Waals surface area contributed by atoms with Crippen molar-refractivity contribution in [2.24, 2.45) is 5.73 Å². The Hall–Kier alpha value is -1.73. The molecule has 2 aromatic rings. The van der Waals surface area contributed by atoms with Crippen molar-refractivity contribution in [3.8, 4) is 0 Å². The molecule has 0 aromatic carbocycles. The average molecular weight is 318 g/mol. The zero-order valence-corrected chi connectivity index (χ0v) is 13.2. The number of aliphatic hydroxyl groups is 1. The highest BCUT2D eigenvalue weighted by Gasteiger charge is 2.37. The second kappa shape index (κ2) is 4.89. The van der Waals surface area contributed by atoms with Crippen LogP contribution in [0.25, 0.3) is 10.2 Å². The Morgan fingerprint density at radius 1 is 1.41 bits per heavy atom. The van der Waals surface area contributed by atoms with E-state index in [2.05, 4.69) is 9.97 Å². The van der Waals surface area contributed by atoms with E-state index in [4.69, 9.17) is 5.73 Å². The molecule has 0 unspecified atom stereocenters. The zero-order chi connectivity index (χ0) is 15.4. The quantitative estimate of drug-likeness (QED) is 0.859. The Morgan fingerprint density at radius 3 is 3.00 bits per heavy atom. The Morgan fingerprint density at radius 2 is 2.23 bits per heavy atom. The predicted octanol–water partition coefficient (Wildman–Crippen LogP) is 0.913. The summed E-state index contributed by atoms with van der Waals surface area (Å²) in [5.41, 5.74) is 6.84. The lowest BCUT2D eigenvalue weighted by atomic mass is 10.1. The van der Waals surface area contributed by atoms with Gasteiger partial charge in [-0.3, -0.25) is 4.79 Å². The molecule has 116 valence electrons. The van der Waals surface area contributed by atoms with Crippen LogP contribution in [0.5, 0.6) is 0 Å². The summed E-state index contributed by atoms with van der Waals surface area (Å²) in [4.78, 5) is 25.2. The molecule has 0 saturated carbocycles. The van der Waals surface area contributed by atoms with Gasteiger partial charge >= 0.3 is 0 Å². The number of β-amino-alcohol motifs (C(OH)–C–C–N with tert-alkyl or cyclic N) is 1. The molecule has 1 amide bonds. The number of nitrogens with two attached hydrogens (primary N) is 1. The first kappa shape index (κ1) is 13.9. The summed E-state index contributed by atoms with van der Waals surface area (Å²) in [6.07, 6.45) is 3.11. The second-order valence-corrected chi connectivity index (χ2v) is 7.18. The van der Waals surface area contributed by atoms with Crippen molar-refractivity contribution >= 4 is 33.3 Å². The molecule has 3 N–H and O–H groups in total.